The summed E-state index contributed by atoms with van der Waals surface area (Å²) < 4.78 is 51.6. The Kier molecular flexibility index (Phi) is 9.25. The molecule has 6 heterocycles. The Labute approximate surface area is 330 Å². The smallest absolute Gasteiger partial charge is 0.231 e. The first-order valence-electron chi connectivity index (χ1n) is 19.2. The summed E-state index contributed by atoms with van der Waals surface area (Å²) in [5, 5.41) is 20.8. The molecule has 12 heteroatoms. The second-order valence-electron chi connectivity index (χ2n) is 16.3. The molecule has 0 aromatic heterocycles. The van der Waals surface area contributed by atoms with Crippen LogP contribution in [0.2, 0.25) is 0 Å². The largest absolute Gasteiger partial charge is 0.507 e. The molecule has 2 saturated heterocycles. The Morgan fingerprint density at radius 3 is 1.96 bits per heavy atom. The maximum absolute atomic E-state index is 13.1. The monoisotopic (exact) mass is 778 g/mol. The number of benzene rings is 4. The molecule has 2 N–H and O–H groups in total. The van der Waals surface area contributed by atoms with E-state index in [0.29, 0.717) is 59.8 Å². The first kappa shape index (κ1) is 37.2. The van der Waals surface area contributed by atoms with Crippen LogP contribution in [0, 0.1) is 11.8 Å². The van der Waals surface area contributed by atoms with E-state index in [1.165, 1.54) is 6.07 Å². The number of aliphatic hydroxyl groups is 1. The second-order valence-corrected chi connectivity index (χ2v) is 16.3. The average molecular weight is 779 g/mol. The minimum absolute atomic E-state index is 0.0218. The summed E-state index contributed by atoms with van der Waals surface area (Å²) in [6.07, 6.45) is 3.64. The number of phenolic OH excluding ortho intramolecular Hbond substituents is 1. The molecule has 0 saturated carbocycles. The van der Waals surface area contributed by atoms with Gasteiger partial charge in [-0.2, -0.15) is 0 Å². The lowest BCUT2D eigenvalue weighted by Gasteiger charge is -2.37. The molecular formula is C45H46O12. The Balaban J connectivity index is 0.000000150. The molecule has 6 aliphatic heterocycles. The van der Waals surface area contributed by atoms with Crippen molar-refractivity contribution in [1.29, 1.82) is 0 Å². The van der Waals surface area contributed by atoms with E-state index in [2.05, 4.69) is 12.1 Å². The van der Waals surface area contributed by atoms with Crippen molar-refractivity contribution in [2.45, 2.75) is 70.1 Å². The number of hydrogen-bond acceptors (Lipinski definition) is 12. The summed E-state index contributed by atoms with van der Waals surface area (Å²) in [7, 11) is 1.56. The molecule has 5 unspecified atom stereocenters. The van der Waals surface area contributed by atoms with Gasteiger partial charge < -0.3 is 52.8 Å². The number of ketones is 1. The molecule has 298 valence electrons. The van der Waals surface area contributed by atoms with Gasteiger partial charge in [0.25, 0.3) is 0 Å². The van der Waals surface area contributed by atoms with Gasteiger partial charge >= 0.3 is 0 Å². The lowest BCUT2D eigenvalue weighted by molar-refractivity contribution is -0.0412. The number of methoxy groups -OCH3 is 1. The zero-order valence-corrected chi connectivity index (χ0v) is 32.5. The number of carbonyl (C=O) groups excluding carboxylic acids is 1. The van der Waals surface area contributed by atoms with Crippen LogP contribution in [0.4, 0.5) is 0 Å². The normalized spacial score (nSPS) is 24.9. The van der Waals surface area contributed by atoms with Crippen LogP contribution in [0.15, 0.2) is 66.7 Å². The van der Waals surface area contributed by atoms with Crippen LogP contribution in [0.5, 0.6) is 46.0 Å². The zero-order chi connectivity index (χ0) is 39.6. The van der Waals surface area contributed by atoms with Crippen molar-refractivity contribution >= 4 is 11.9 Å². The predicted octanol–water partition coefficient (Wildman–Crippen LogP) is 7.30. The van der Waals surface area contributed by atoms with Gasteiger partial charge in [0.15, 0.2) is 28.8 Å². The first-order valence-corrected chi connectivity index (χ1v) is 19.2. The number of aromatic hydroxyl groups is 1. The zero-order valence-electron chi connectivity index (χ0n) is 32.5. The van der Waals surface area contributed by atoms with Crippen LogP contribution in [-0.4, -0.2) is 67.2 Å². The van der Waals surface area contributed by atoms with E-state index >= 15 is 0 Å². The van der Waals surface area contributed by atoms with E-state index in [1.54, 1.807) is 27.0 Å². The summed E-state index contributed by atoms with van der Waals surface area (Å²) in [5.41, 5.74) is 3.46. The maximum Gasteiger partial charge on any atom is 0.231 e. The van der Waals surface area contributed by atoms with Gasteiger partial charge in [0.2, 0.25) is 13.6 Å². The third-order valence-corrected chi connectivity index (χ3v) is 11.6. The topological polar surface area (TPSA) is 141 Å². The van der Waals surface area contributed by atoms with Crippen molar-refractivity contribution in [3.63, 3.8) is 0 Å². The fraction of sp³-hybridized carbons (Fsp3) is 0.400. The fourth-order valence-electron chi connectivity index (χ4n) is 8.44. The molecule has 4 aromatic rings. The van der Waals surface area contributed by atoms with Crippen LogP contribution in [-0.2, 0) is 22.3 Å². The van der Waals surface area contributed by atoms with Crippen molar-refractivity contribution in [3.8, 4) is 46.0 Å². The highest BCUT2D eigenvalue weighted by Crippen LogP contribution is 2.52. The summed E-state index contributed by atoms with van der Waals surface area (Å²) in [6.45, 7) is 9.45. The quantitative estimate of drug-likeness (QED) is 0.190. The van der Waals surface area contributed by atoms with Gasteiger partial charge in [-0.05, 0) is 92.9 Å². The molecule has 12 nitrogen and oxygen atoms in total. The van der Waals surface area contributed by atoms with Crippen molar-refractivity contribution < 1.29 is 57.6 Å². The van der Waals surface area contributed by atoms with Crippen molar-refractivity contribution in [2.24, 2.45) is 11.8 Å². The Hall–Kier alpha value is -5.43. The third-order valence-electron chi connectivity index (χ3n) is 11.6. The van der Waals surface area contributed by atoms with Gasteiger partial charge in [-0.15, -0.1) is 0 Å². The summed E-state index contributed by atoms with van der Waals surface area (Å²) in [5.74, 6) is 5.20. The lowest BCUT2D eigenvalue weighted by Crippen LogP contribution is -2.46. The number of fused-ring (bicyclic) bond motifs is 5. The predicted molar refractivity (Wildman–Crippen MR) is 207 cm³/mol. The van der Waals surface area contributed by atoms with E-state index in [1.807, 2.05) is 62.4 Å². The minimum atomic E-state index is -0.758. The van der Waals surface area contributed by atoms with E-state index in [0.717, 1.165) is 39.7 Å². The molecule has 2 fully saturated rings. The second kappa shape index (κ2) is 14.2. The Bertz CT molecular complexity index is 2190. The number of hydrogen-bond donors (Lipinski definition) is 2. The minimum Gasteiger partial charge on any atom is -0.507 e. The van der Waals surface area contributed by atoms with Crippen molar-refractivity contribution in [2.75, 3.05) is 33.9 Å². The molecule has 0 amide bonds. The SMILES string of the molecule is COc1c(CC(=O)c2cc3c(cc2O)OC(C)(C)C(O)C3)ccc2c1C=CC(C)(C)O2.c1cc2c(cc1C1OCC3C(c4ccc5c(c4)OCO5)OCC13)OCO2. The van der Waals surface area contributed by atoms with Crippen LogP contribution in [0.1, 0.15) is 78.1 Å². The molecule has 0 aliphatic carbocycles. The molecule has 57 heavy (non-hydrogen) atoms. The van der Waals surface area contributed by atoms with E-state index in [9.17, 15) is 15.0 Å². The number of phenols is 1. The number of Topliss-reactive ketones (excluding diaryl/α,β-unsaturated/α-hetero) is 1. The molecule has 6 aliphatic rings. The van der Waals surface area contributed by atoms with Crippen LogP contribution < -0.4 is 33.2 Å². The number of ether oxygens (including phenoxy) is 9. The highest BCUT2D eigenvalue weighted by Gasteiger charge is 2.48. The Morgan fingerprint density at radius 2 is 1.35 bits per heavy atom. The van der Waals surface area contributed by atoms with E-state index in [4.69, 9.17) is 42.6 Å². The van der Waals surface area contributed by atoms with Crippen molar-refractivity contribution in [1.82, 2.24) is 0 Å². The Morgan fingerprint density at radius 1 is 0.754 bits per heavy atom. The van der Waals surface area contributed by atoms with Crippen LogP contribution in [0.25, 0.3) is 6.08 Å². The molecule has 5 atom stereocenters. The number of carbonyl (C=O) groups is 1. The van der Waals surface area contributed by atoms with Gasteiger partial charge in [-0.25, -0.2) is 0 Å². The molecule has 4 aromatic carbocycles. The fourth-order valence-corrected chi connectivity index (χ4v) is 8.44. The lowest BCUT2D eigenvalue weighted by atomic mass is 9.85. The van der Waals surface area contributed by atoms with Gasteiger partial charge in [0.05, 0.1) is 49.8 Å². The molecule has 0 radical (unpaired) electrons. The van der Waals surface area contributed by atoms with Gasteiger partial charge in [0, 0.05) is 36.3 Å². The van der Waals surface area contributed by atoms with Gasteiger partial charge in [-0.1, -0.05) is 18.2 Å². The van der Waals surface area contributed by atoms with Crippen LogP contribution in [0.3, 0.4) is 0 Å². The van der Waals surface area contributed by atoms with E-state index in [-0.39, 0.29) is 49.3 Å². The first-order chi connectivity index (χ1) is 27.4. The number of rotatable bonds is 6. The third kappa shape index (κ3) is 6.89. The molecular weight excluding hydrogens is 732 g/mol. The van der Waals surface area contributed by atoms with Gasteiger partial charge in [0.1, 0.15) is 34.2 Å². The maximum atomic E-state index is 13.1. The van der Waals surface area contributed by atoms with E-state index < -0.39 is 17.3 Å². The summed E-state index contributed by atoms with van der Waals surface area (Å²) in [6, 6.07) is 18.8. The summed E-state index contributed by atoms with van der Waals surface area (Å²) in [4.78, 5) is 13.1. The standard InChI is InChI=1S/C25H28O6.C20H18O6/c1-24(2)9-8-16-20(30-24)7-6-14(23(16)29-5)11-18(26)17-10-15-12-22(28)25(3,4)31-21(15)13-19(17)27;1-3-15-17(25-9-23-15)5-11(1)19-13-7-22-20(14(13)8-21-19)12-2-4-16-18(6-12)26-10-24-16/h6-10,13,22,27-28H,11-12H2,1-5H3;1-6,13-14,19-20H,7-10H2. The summed E-state index contributed by atoms with van der Waals surface area (Å²) >= 11 is 0. The highest BCUT2D eigenvalue weighted by atomic mass is 16.7. The average Bonchev–Trinajstić information content (AvgIpc) is 4.00. The molecule has 0 spiro atoms. The number of aliphatic hydroxyl groups excluding tert-OH is 1. The highest BCUT2D eigenvalue weighted by molar-refractivity contribution is 6.01. The molecule has 10 rings (SSSR count). The molecule has 0 bridgehead atoms. The van der Waals surface area contributed by atoms with Gasteiger partial charge in [-0.3, -0.25) is 4.79 Å². The van der Waals surface area contributed by atoms with Crippen molar-refractivity contribution in [3.05, 3.63) is 100 Å². The van der Waals surface area contributed by atoms with Crippen LogP contribution >= 0.6 is 0 Å².